The maximum atomic E-state index is 13.0. The van der Waals surface area contributed by atoms with Gasteiger partial charge in [-0.1, -0.05) is 37.3 Å². The third kappa shape index (κ3) is 4.05. The van der Waals surface area contributed by atoms with Crippen LogP contribution < -0.4 is 10.5 Å². The molecular weight excluding hydrogens is 265 g/mol. The Morgan fingerprint density at radius 1 is 1.10 bits per heavy atom. The second-order valence-corrected chi connectivity index (χ2v) is 5.57. The summed E-state index contributed by atoms with van der Waals surface area (Å²) < 4.78 is 18.8. The summed E-state index contributed by atoms with van der Waals surface area (Å²) in [5.41, 5.74) is 7.92. The highest BCUT2D eigenvalue weighted by molar-refractivity contribution is 5.40. The molecule has 2 N–H and O–H groups in total. The van der Waals surface area contributed by atoms with Crippen LogP contribution >= 0.6 is 0 Å². The monoisotopic (exact) mass is 287 g/mol. The molecule has 0 heterocycles. The van der Waals surface area contributed by atoms with Crippen molar-refractivity contribution < 1.29 is 9.13 Å². The minimum Gasteiger partial charge on any atom is -0.493 e. The first kappa shape index (κ1) is 15.5. The van der Waals surface area contributed by atoms with Gasteiger partial charge in [0, 0.05) is 11.1 Å². The first-order valence-corrected chi connectivity index (χ1v) is 7.28. The number of benzene rings is 2. The molecule has 2 aromatic rings. The van der Waals surface area contributed by atoms with Crippen LogP contribution in [0, 0.1) is 5.82 Å². The number of ether oxygens (including phenoxy) is 1. The molecule has 0 radical (unpaired) electrons. The van der Waals surface area contributed by atoms with Crippen molar-refractivity contribution in [2.45, 2.75) is 32.2 Å². The molecule has 0 saturated heterocycles. The smallest absolute Gasteiger partial charge is 0.124 e. The van der Waals surface area contributed by atoms with Gasteiger partial charge in [0.05, 0.1) is 6.61 Å². The molecule has 0 aromatic heterocycles. The lowest BCUT2D eigenvalue weighted by molar-refractivity contribution is 0.305. The lowest BCUT2D eigenvalue weighted by atomic mass is 9.86. The molecule has 2 rings (SSSR count). The van der Waals surface area contributed by atoms with Crippen molar-refractivity contribution in [2.24, 2.45) is 5.73 Å². The van der Waals surface area contributed by atoms with Gasteiger partial charge in [0.25, 0.3) is 0 Å². The van der Waals surface area contributed by atoms with Crippen LogP contribution in [0.4, 0.5) is 4.39 Å². The molecule has 0 amide bonds. The van der Waals surface area contributed by atoms with Crippen LogP contribution in [-0.4, -0.2) is 6.61 Å². The lowest BCUT2D eigenvalue weighted by Gasteiger charge is -2.27. The van der Waals surface area contributed by atoms with Crippen molar-refractivity contribution in [1.82, 2.24) is 0 Å². The van der Waals surface area contributed by atoms with Gasteiger partial charge in [-0.25, -0.2) is 4.39 Å². The van der Waals surface area contributed by atoms with E-state index in [1.54, 1.807) is 12.1 Å². The fourth-order valence-corrected chi connectivity index (χ4v) is 2.40. The molecule has 0 fully saturated rings. The van der Waals surface area contributed by atoms with Crippen LogP contribution in [0.25, 0.3) is 0 Å². The molecule has 0 aliphatic rings. The Labute approximate surface area is 125 Å². The molecule has 1 atom stereocenters. The summed E-state index contributed by atoms with van der Waals surface area (Å²) in [6, 6.07) is 14.3. The molecule has 21 heavy (non-hydrogen) atoms. The van der Waals surface area contributed by atoms with E-state index in [0.717, 1.165) is 23.3 Å². The molecular formula is C18H22FNO. The van der Waals surface area contributed by atoms with Crippen LogP contribution in [0.3, 0.4) is 0 Å². The summed E-state index contributed by atoms with van der Waals surface area (Å²) in [6.45, 7) is 4.72. The van der Waals surface area contributed by atoms with Crippen molar-refractivity contribution in [2.75, 3.05) is 6.61 Å². The minimum atomic E-state index is -0.567. The van der Waals surface area contributed by atoms with Crippen LogP contribution in [0.2, 0.25) is 0 Å². The predicted molar refractivity (Wildman–Crippen MR) is 83.9 cm³/mol. The highest BCUT2D eigenvalue weighted by Gasteiger charge is 2.25. The minimum absolute atomic E-state index is 0.232. The fraction of sp³-hybridized carbons (Fsp3) is 0.333. The standard InChI is InChI=1S/C18H22FNO/c1-3-12-21-17-7-5-4-6-16(17)18(2,20)13-14-8-10-15(19)11-9-14/h4-11H,3,12-13,20H2,1-2H3. The maximum Gasteiger partial charge on any atom is 0.124 e. The SMILES string of the molecule is CCCOc1ccccc1C(C)(N)Cc1ccc(F)cc1. The molecule has 0 bridgehead atoms. The number of rotatable bonds is 6. The molecule has 2 aromatic carbocycles. The Morgan fingerprint density at radius 3 is 2.43 bits per heavy atom. The van der Waals surface area contributed by atoms with E-state index < -0.39 is 5.54 Å². The van der Waals surface area contributed by atoms with E-state index in [0.29, 0.717) is 13.0 Å². The van der Waals surface area contributed by atoms with E-state index in [1.165, 1.54) is 12.1 Å². The second-order valence-electron chi connectivity index (χ2n) is 5.57. The van der Waals surface area contributed by atoms with Gasteiger partial charge in [0.1, 0.15) is 11.6 Å². The van der Waals surface area contributed by atoms with Crippen LogP contribution in [0.15, 0.2) is 48.5 Å². The Balaban J connectivity index is 2.24. The van der Waals surface area contributed by atoms with E-state index in [9.17, 15) is 4.39 Å². The Bertz CT molecular complexity index is 578. The van der Waals surface area contributed by atoms with Crippen molar-refractivity contribution in [3.05, 3.63) is 65.5 Å². The molecule has 0 aliphatic heterocycles. The molecule has 1 unspecified atom stereocenters. The zero-order chi connectivity index (χ0) is 15.3. The van der Waals surface area contributed by atoms with E-state index in [-0.39, 0.29) is 5.82 Å². The Morgan fingerprint density at radius 2 is 1.76 bits per heavy atom. The number of hydrogen-bond acceptors (Lipinski definition) is 2. The van der Waals surface area contributed by atoms with Gasteiger partial charge in [0.2, 0.25) is 0 Å². The summed E-state index contributed by atoms with van der Waals surface area (Å²) >= 11 is 0. The van der Waals surface area contributed by atoms with E-state index in [1.807, 2.05) is 31.2 Å². The zero-order valence-corrected chi connectivity index (χ0v) is 12.6. The molecule has 0 aliphatic carbocycles. The maximum absolute atomic E-state index is 13.0. The van der Waals surface area contributed by atoms with Gasteiger partial charge in [0.15, 0.2) is 0 Å². The van der Waals surface area contributed by atoms with Crippen molar-refractivity contribution >= 4 is 0 Å². The lowest BCUT2D eigenvalue weighted by Crippen LogP contribution is -2.36. The third-order valence-electron chi connectivity index (χ3n) is 3.45. The van der Waals surface area contributed by atoms with Gasteiger partial charge >= 0.3 is 0 Å². The summed E-state index contributed by atoms with van der Waals surface area (Å²) in [7, 11) is 0. The summed E-state index contributed by atoms with van der Waals surface area (Å²) in [5.74, 6) is 0.593. The summed E-state index contributed by atoms with van der Waals surface area (Å²) in [6.07, 6.45) is 1.58. The normalized spacial score (nSPS) is 13.7. The highest BCUT2D eigenvalue weighted by Crippen LogP contribution is 2.31. The average molecular weight is 287 g/mol. The average Bonchev–Trinajstić information content (AvgIpc) is 2.47. The number of halogens is 1. The fourth-order valence-electron chi connectivity index (χ4n) is 2.40. The number of para-hydroxylation sites is 1. The van der Waals surface area contributed by atoms with Gasteiger partial charge in [-0.2, -0.15) is 0 Å². The Kier molecular flexibility index (Phi) is 4.97. The molecule has 0 saturated carbocycles. The van der Waals surface area contributed by atoms with Crippen LogP contribution in [0.1, 0.15) is 31.4 Å². The van der Waals surface area contributed by atoms with E-state index >= 15 is 0 Å². The molecule has 0 spiro atoms. The number of nitrogens with two attached hydrogens (primary N) is 1. The highest BCUT2D eigenvalue weighted by atomic mass is 19.1. The molecule has 3 heteroatoms. The Hall–Kier alpha value is -1.87. The van der Waals surface area contributed by atoms with Gasteiger partial charge < -0.3 is 10.5 Å². The van der Waals surface area contributed by atoms with Gasteiger partial charge in [-0.15, -0.1) is 0 Å². The molecule has 112 valence electrons. The summed E-state index contributed by atoms with van der Waals surface area (Å²) in [4.78, 5) is 0. The zero-order valence-electron chi connectivity index (χ0n) is 12.6. The predicted octanol–water partition coefficient (Wildman–Crippen LogP) is 4.03. The van der Waals surface area contributed by atoms with E-state index in [2.05, 4.69) is 6.92 Å². The van der Waals surface area contributed by atoms with E-state index in [4.69, 9.17) is 10.5 Å². The van der Waals surface area contributed by atoms with Crippen molar-refractivity contribution in [3.63, 3.8) is 0 Å². The van der Waals surface area contributed by atoms with Crippen molar-refractivity contribution in [3.8, 4) is 5.75 Å². The van der Waals surface area contributed by atoms with Crippen molar-refractivity contribution in [1.29, 1.82) is 0 Å². The second kappa shape index (κ2) is 6.72. The summed E-state index contributed by atoms with van der Waals surface area (Å²) in [5, 5.41) is 0. The van der Waals surface area contributed by atoms with Gasteiger partial charge in [-0.3, -0.25) is 0 Å². The topological polar surface area (TPSA) is 35.2 Å². The first-order chi connectivity index (χ1) is 10.0. The largest absolute Gasteiger partial charge is 0.493 e. The third-order valence-corrected chi connectivity index (χ3v) is 3.45. The first-order valence-electron chi connectivity index (χ1n) is 7.28. The van der Waals surface area contributed by atoms with Crippen LogP contribution in [0.5, 0.6) is 5.75 Å². The van der Waals surface area contributed by atoms with Gasteiger partial charge in [-0.05, 0) is 43.5 Å². The number of hydrogen-bond donors (Lipinski definition) is 1. The van der Waals surface area contributed by atoms with Crippen LogP contribution in [-0.2, 0) is 12.0 Å². The quantitative estimate of drug-likeness (QED) is 0.870. The molecule has 2 nitrogen and oxygen atoms in total.